The second kappa shape index (κ2) is 6.93. The highest BCUT2D eigenvalue weighted by Gasteiger charge is 2.33. The molecule has 1 aliphatic rings. The normalized spacial score (nSPS) is 14.1. The third-order valence-electron chi connectivity index (χ3n) is 5.25. The second-order valence-electron chi connectivity index (χ2n) is 7.46. The first-order chi connectivity index (χ1) is 13.5. The number of hydrogen-bond donors (Lipinski definition) is 2. The summed E-state index contributed by atoms with van der Waals surface area (Å²) in [4.78, 5) is 0. The van der Waals surface area contributed by atoms with E-state index in [9.17, 15) is 0 Å². The Bertz CT molecular complexity index is 1090. The van der Waals surface area contributed by atoms with Crippen LogP contribution in [0.15, 0.2) is 84.9 Å². The molecule has 0 saturated carbocycles. The zero-order valence-electron chi connectivity index (χ0n) is 16.0. The Balaban J connectivity index is 1.61. The van der Waals surface area contributed by atoms with E-state index in [1.165, 1.54) is 5.56 Å². The van der Waals surface area contributed by atoms with E-state index >= 15 is 0 Å². The number of benzene rings is 3. The van der Waals surface area contributed by atoms with Gasteiger partial charge in [0.15, 0.2) is 0 Å². The van der Waals surface area contributed by atoms with E-state index in [1.807, 2.05) is 66.7 Å². The molecule has 138 valence electrons. The molecular weight excluding hydrogens is 344 g/mol. The van der Waals surface area contributed by atoms with Crippen LogP contribution in [0.1, 0.15) is 36.1 Å². The average molecular weight is 366 g/mol. The molecule has 0 bridgehead atoms. The summed E-state index contributed by atoms with van der Waals surface area (Å²) in [5, 5.41) is 16.6. The van der Waals surface area contributed by atoms with Crippen molar-refractivity contribution in [3.8, 4) is 11.5 Å². The fourth-order valence-electron chi connectivity index (χ4n) is 3.60. The van der Waals surface area contributed by atoms with E-state index < -0.39 is 0 Å². The van der Waals surface area contributed by atoms with E-state index in [2.05, 4.69) is 19.9 Å². The van der Waals surface area contributed by atoms with Crippen molar-refractivity contribution in [2.45, 2.75) is 19.3 Å². The molecule has 3 aromatic rings. The first kappa shape index (κ1) is 17.9. The minimum absolute atomic E-state index is 0.157. The van der Waals surface area contributed by atoms with E-state index in [1.54, 1.807) is 12.2 Å². The Morgan fingerprint density at radius 1 is 0.714 bits per heavy atom. The summed E-state index contributed by atoms with van der Waals surface area (Å²) in [6.45, 7) is 4.39. The maximum Gasteiger partial charge on any atom is 0.132 e. The van der Waals surface area contributed by atoms with Crippen molar-refractivity contribution in [2.24, 2.45) is 0 Å². The molecule has 0 aromatic heterocycles. The molecule has 1 aliphatic heterocycles. The van der Waals surface area contributed by atoms with Crippen LogP contribution in [-0.4, -0.2) is 11.4 Å². The Kier molecular flexibility index (Phi) is 4.44. The Morgan fingerprint density at radius 3 is 2.07 bits per heavy atom. The number of hydrogen-bond acceptors (Lipinski definition) is 3. The lowest BCUT2D eigenvalue weighted by Crippen LogP contribution is -2.24. The maximum atomic E-state index is 8.41. The molecule has 0 spiro atoms. The molecule has 1 heterocycles. The second-order valence-corrected chi connectivity index (χ2v) is 7.46. The van der Waals surface area contributed by atoms with Gasteiger partial charge >= 0.3 is 0 Å². The SMILES string of the molecule is CC1(C)c2ccccc2Oc2cc(C(=N)/C=C\C(=N)c3ccccc3)ccc21. The summed E-state index contributed by atoms with van der Waals surface area (Å²) in [5.41, 5.74) is 4.46. The van der Waals surface area contributed by atoms with E-state index in [0.29, 0.717) is 11.4 Å². The van der Waals surface area contributed by atoms with E-state index in [4.69, 9.17) is 15.6 Å². The lowest BCUT2D eigenvalue weighted by atomic mass is 9.75. The van der Waals surface area contributed by atoms with Crippen molar-refractivity contribution in [1.82, 2.24) is 0 Å². The lowest BCUT2D eigenvalue weighted by molar-refractivity contribution is 0.418. The van der Waals surface area contributed by atoms with Crippen molar-refractivity contribution in [3.63, 3.8) is 0 Å². The first-order valence-electron chi connectivity index (χ1n) is 9.29. The number of fused-ring (bicyclic) bond motifs is 2. The van der Waals surface area contributed by atoms with Crippen LogP contribution in [0.2, 0.25) is 0 Å². The van der Waals surface area contributed by atoms with Crippen LogP contribution in [0.25, 0.3) is 0 Å². The maximum absolute atomic E-state index is 8.41. The standard InChI is InChI=1S/C25H22N2O/c1-25(2)19-10-6-7-11-23(19)28-24-16-18(12-13-20(24)25)22(27)15-14-21(26)17-8-4-3-5-9-17/h3-16,26-27H,1-2H3/b15-14-,26-21?,27-22?. The third-order valence-corrected chi connectivity index (χ3v) is 5.25. The van der Waals surface area contributed by atoms with Gasteiger partial charge in [-0.2, -0.15) is 0 Å². The van der Waals surface area contributed by atoms with Crippen LogP contribution < -0.4 is 4.74 Å². The van der Waals surface area contributed by atoms with Crippen LogP contribution in [0.3, 0.4) is 0 Å². The molecule has 0 unspecified atom stereocenters. The lowest BCUT2D eigenvalue weighted by Gasteiger charge is -2.34. The predicted molar refractivity (Wildman–Crippen MR) is 114 cm³/mol. The van der Waals surface area contributed by atoms with Gasteiger partial charge in [-0.1, -0.05) is 74.5 Å². The minimum atomic E-state index is -0.157. The fraction of sp³-hybridized carbons (Fsp3) is 0.120. The topological polar surface area (TPSA) is 56.9 Å². The highest BCUT2D eigenvalue weighted by molar-refractivity contribution is 6.13. The van der Waals surface area contributed by atoms with Gasteiger partial charge < -0.3 is 15.6 Å². The monoisotopic (exact) mass is 366 g/mol. The Labute approximate surface area is 165 Å². The van der Waals surface area contributed by atoms with E-state index in [-0.39, 0.29) is 5.41 Å². The summed E-state index contributed by atoms with van der Waals surface area (Å²) >= 11 is 0. The van der Waals surface area contributed by atoms with Crippen molar-refractivity contribution in [3.05, 3.63) is 107 Å². The molecule has 0 aliphatic carbocycles. The first-order valence-corrected chi connectivity index (χ1v) is 9.29. The summed E-state index contributed by atoms with van der Waals surface area (Å²) in [7, 11) is 0. The molecule has 3 nitrogen and oxygen atoms in total. The number of ether oxygens (including phenoxy) is 1. The van der Waals surface area contributed by atoms with Crippen molar-refractivity contribution in [1.29, 1.82) is 10.8 Å². The van der Waals surface area contributed by atoms with Crippen LogP contribution in [0, 0.1) is 10.8 Å². The molecule has 0 atom stereocenters. The summed E-state index contributed by atoms with van der Waals surface area (Å²) in [6, 6.07) is 23.5. The molecule has 4 rings (SSSR count). The van der Waals surface area contributed by atoms with Gasteiger partial charge in [-0.15, -0.1) is 0 Å². The fourth-order valence-corrected chi connectivity index (χ4v) is 3.60. The van der Waals surface area contributed by atoms with Crippen molar-refractivity contribution >= 4 is 11.4 Å². The predicted octanol–water partition coefficient (Wildman–Crippen LogP) is 6.11. The quantitative estimate of drug-likeness (QED) is 0.538. The molecular formula is C25H22N2O. The number of para-hydroxylation sites is 1. The Morgan fingerprint density at radius 2 is 1.32 bits per heavy atom. The molecule has 2 N–H and O–H groups in total. The Hall–Kier alpha value is -3.46. The summed E-state index contributed by atoms with van der Waals surface area (Å²) < 4.78 is 6.14. The smallest absolute Gasteiger partial charge is 0.132 e. The largest absolute Gasteiger partial charge is 0.457 e. The molecule has 28 heavy (non-hydrogen) atoms. The van der Waals surface area contributed by atoms with Crippen LogP contribution >= 0.6 is 0 Å². The zero-order chi connectivity index (χ0) is 19.7. The number of allylic oxidation sites excluding steroid dienone is 2. The van der Waals surface area contributed by atoms with Gasteiger partial charge in [0.2, 0.25) is 0 Å². The average Bonchev–Trinajstić information content (AvgIpc) is 2.72. The van der Waals surface area contributed by atoms with E-state index in [0.717, 1.165) is 28.2 Å². The van der Waals surface area contributed by atoms with Gasteiger partial charge in [0.25, 0.3) is 0 Å². The third kappa shape index (κ3) is 3.16. The van der Waals surface area contributed by atoms with Gasteiger partial charge in [-0.05, 0) is 29.8 Å². The number of rotatable bonds is 4. The van der Waals surface area contributed by atoms with Crippen molar-refractivity contribution < 1.29 is 4.74 Å². The summed E-state index contributed by atoms with van der Waals surface area (Å²) in [6.07, 6.45) is 3.33. The molecule has 0 amide bonds. The van der Waals surface area contributed by atoms with Crippen LogP contribution in [-0.2, 0) is 5.41 Å². The molecule has 0 saturated heterocycles. The highest BCUT2D eigenvalue weighted by atomic mass is 16.5. The minimum Gasteiger partial charge on any atom is -0.457 e. The molecule has 0 fully saturated rings. The molecule has 3 aromatic carbocycles. The number of nitrogens with one attached hydrogen (secondary N) is 2. The van der Waals surface area contributed by atoms with Gasteiger partial charge in [-0.3, -0.25) is 0 Å². The van der Waals surface area contributed by atoms with Crippen LogP contribution in [0.4, 0.5) is 0 Å². The van der Waals surface area contributed by atoms with Gasteiger partial charge in [-0.25, -0.2) is 0 Å². The van der Waals surface area contributed by atoms with Gasteiger partial charge in [0.1, 0.15) is 11.5 Å². The van der Waals surface area contributed by atoms with Gasteiger partial charge in [0, 0.05) is 22.1 Å². The van der Waals surface area contributed by atoms with Crippen molar-refractivity contribution in [2.75, 3.05) is 0 Å². The summed E-state index contributed by atoms with van der Waals surface area (Å²) in [5.74, 6) is 1.66. The molecule has 0 radical (unpaired) electrons. The highest BCUT2D eigenvalue weighted by Crippen LogP contribution is 2.47. The van der Waals surface area contributed by atoms with Crippen LogP contribution in [0.5, 0.6) is 11.5 Å². The zero-order valence-corrected chi connectivity index (χ0v) is 16.0. The van der Waals surface area contributed by atoms with Gasteiger partial charge in [0.05, 0.1) is 11.4 Å². The molecule has 3 heteroatoms.